The van der Waals surface area contributed by atoms with Crippen molar-refractivity contribution in [2.75, 3.05) is 36.0 Å². The number of aromatic nitrogens is 5. The molecule has 0 unspecified atom stereocenters. The second kappa shape index (κ2) is 5.68. The van der Waals surface area contributed by atoms with Crippen molar-refractivity contribution >= 4 is 17.2 Å². The summed E-state index contributed by atoms with van der Waals surface area (Å²) < 4.78 is 1.91. The van der Waals surface area contributed by atoms with E-state index >= 15 is 0 Å². The van der Waals surface area contributed by atoms with E-state index in [0.717, 1.165) is 54.7 Å². The molecule has 7 nitrogen and oxygen atoms in total. The van der Waals surface area contributed by atoms with Crippen LogP contribution in [0.25, 0.3) is 5.52 Å². The molecule has 7 heteroatoms. The Bertz CT molecular complexity index is 889. The lowest BCUT2D eigenvalue weighted by Crippen LogP contribution is -2.47. The summed E-state index contributed by atoms with van der Waals surface area (Å²) in [5.74, 6) is 2.65. The zero-order valence-corrected chi connectivity index (χ0v) is 14.3. The fraction of sp³-hybridized carbons (Fsp3) is 0.444. The first-order chi connectivity index (χ1) is 12.3. The summed E-state index contributed by atoms with van der Waals surface area (Å²) in [6, 6.07) is 6.36. The number of rotatable bonds is 3. The Morgan fingerprint density at radius 2 is 1.80 bits per heavy atom. The Kier molecular flexibility index (Phi) is 3.33. The molecule has 0 aromatic carbocycles. The third kappa shape index (κ3) is 2.69. The van der Waals surface area contributed by atoms with Gasteiger partial charge in [0.15, 0.2) is 11.6 Å². The Labute approximate surface area is 146 Å². The predicted molar refractivity (Wildman–Crippen MR) is 96.2 cm³/mol. The maximum Gasteiger partial charge on any atom is 0.154 e. The van der Waals surface area contributed by atoms with E-state index in [0.29, 0.717) is 5.92 Å². The summed E-state index contributed by atoms with van der Waals surface area (Å²) in [5.41, 5.74) is 3.23. The maximum absolute atomic E-state index is 4.60. The molecular weight excluding hydrogens is 314 g/mol. The first kappa shape index (κ1) is 14.6. The van der Waals surface area contributed by atoms with Gasteiger partial charge in [-0.2, -0.15) is 10.2 Å². The van der Waals surface area contributed by atoms with Crippen LogP contribution in [0.1, 0.15) is 30.1 Å². The van der Waals surface area contributed by atoms with Crippen LogP contribution in [0.15, 0.2) is 30.6 Å². The van der Waals surface area contributed by atoms with Gasteiger partial charge >= 0.3 is 0 Å². The van der Waals surface area contributed by atoms with Gasteiger partial charge in [0.25, 0.3) is 0 Å². The molecule has 1 saturated carbocycles. The van der Waals surface area contributed by atoms with E-state index < -0.39 is 0 Å². The smallest absolute Gasteiger partial charge is 0.154 e. The van der Waals surface area contributed by atoms with E-state index in [1.165, 1.54) is 12.8 Å². The standard InChI is InChI=1S/C18H21N7/c1-13-12-16-18(19-6-7-25(16)22-13)24-10-8-23(9-11-24)17-5-4-15(20-21-17)14-2-3-14/h4-7,12,14H,2-3,8-11H2,1H3. The van der Waals surface area contributed by atoms with Crippen LogP contribution in [0.5, 0.6) is 0 Å². The highest BCUT2D eigenvalue weighted by Crippen LogP contribution is 2.38. The van der Waals surface area contributed by atoms with Crippen molar-refractivity contribution < 1.29 is 0 Å². The van der Waals surface area contributed by atoms with Crippen molar-refractivity contribution in [3.63, 3.8) is 0 Å². The number of piperazine rings is 1. The Morgan fingerprint density at radius 1 is 1.00 bits per heavy atom. The summed E-state index contributed by atoms with van der Waals surface area (Å²) >= 11 is 0. The van der Waals surface area contributed by atoms with Gasteiger partial charge in [0, 0.05) is 44.5 Å². The van der Waals surface area contributed by atoms with Gasteiger partial charge in [-0.25, -0.2) is 9.50 Å². The highest BCUT2D eigenvalue weighted by molar-refractivity contribution is 5.69. The van der Waals surface area contributed by atoms with Crippen molar-refractivity contribution in [3.05, 3.63) is 42.0 Å². The van der Waals surface area contributed by atoms with E-state index in [9.17, 15) is 0 Å². The number of hydrogen-bond donors (Lipinski definition) is 0. The molecule has 0 atom stereocenters. The van der Waals surface area contributed by atoms with Gasteiger partial charge in [0.2, 0.25) is 0 Å². The SMILES string of the molecule is Cc1cc2c(N3CCN(c4ccc(C5CC5)nn4)CC3)nccn2n1. The third-order valence-electron chi connectivity index (χ3n) is 5.06. The summed E-state index contributed by atoms with van der Waals surface area (Å²) in [5, 5.41) is 13.3. The van der Waals surface area contributed by atoms with Gasteiger partial charge in [-0.3, -0.25) is 0 Å². The summed E-state index contributed by atoms with van der Waals surface area (Å²) in [6.07, 6.45) is 6.25. The molecule has 3 aromatic rings. The van der Waals surface area contributed by atoms with E-state index in [4.69, 9.17) is 0 Å². The topological polar surface area (TPSA) is 62.5 Å². The molecule has 0 radical (unpaired) electrons. The fourth-order valence-electron chi connectivity index (χ4n) is 3.52. The van der Waals surface area contributed by atoms with Crippen LogP contribution < -0.4 is 9.80 Å². The lowest BCUT2D eigenvalue weighted by Gasteiger charge is -2.35. The van der Waals surface area contributed by atoms with Gasteiger partial charge in [-0.1, -0.05) is 0 Å². The van der Waals surface area contributed by atoms with Crippen LogP contribution >= 0.6 is 0 Å². The number of hydrogen-bond acceptors (Lipinski definition) is 6. The molecule has 4 heterocycles. The van der Waals surface area contributed by atoms with Crippen LogP contribution in [0.3, 0.4) is 0 Å². The number of fused-ring (bicyclic) bond motifs is 1. The van der Waals surface area contributed by atoms with Crippen LogP contribution in [0.4, 0.5) is 11.6 Å². The molecule has 1 aliphatic heterocycles. The van der Waals surface area contributed by atoms with E-state index in [1.807, 2.05) is 23.8 Å². The molecule has 0 spiro atoms. The van der Waals surface area contributed by atoms with Crippen molar-refractivity contribution in [3.8, 4) is 0 Å². The van der Waals surface area contributed by atoms with Crippen LogP contribution in [-0.4, -0.2) is 51.0 Å². The minimum absolute atomic E-state index is 0.657. The largest absolute Gasteiger partial charge is 0.352 e. The summed E-state index contributed by atoms with van der Waals surface area (Å²) in [4.78, 5) is 9.24. The normalized spacial score (nSPS) is 18.1. The van der Waals surface area contributed by atoms with Crippen LogP contribution in [0, 0.1) is 6.92 Å². The Balaban J connectivity index is 1.31. The predicted octanol–water partition coefficient (Wildman–Crippen LogP) is 2.03. The lowest BCUT2D eigenvalue weighted by molar-refractivity contribution is 0.637. The minimum atomic E-state index is 0.657. The quantitative estimate of drug-likeness (QED) is 0.730. The van der Waals surface area contributed by atoms with Crippen LogP contribution in [-0.2, 0) is 0 Å². The van der Waals surface area contributed by atoms with E-state index in [2.05, 4.69) is 48.3 Å². The van der Waals surface area contributed by atoms with Crippen molar-refractivity contribution in [2.45, 2.75) is 25.7 Å². The molecule has 1 aliphatic carbocycles. The van der Waals surface area contributed by atoms with E-state index in [1.54, 1.807) is 0 Å². The molecule has 2 aliphatic rings. The average Bonchev–Trinajstić information content (AvgIpc) is 3.42. The molecule has 5 rings (SSSR count). The zero-order chi connectivity index (χ0) is 16.8. The maximum atomic E-state index is 4.60. The summed E-state index contributed by atoms with van der Waals surface area (Å²) in [6.45, 7) is 5.70. The van der Waals surface area contributed by atoms with Crippen molar-refractivity contribution in [1.82, 2.24) is 24.8 Å². The highest BCUT2D eigenvalue weighted by Gasteiger charge is 2.26. The highest BCUT2D eigenvalue weighted by atomic mass is 15.3. The lowest BCUT2D eigenvalue weighted by atomic mass is 10.2. The first-order valence-electron chi connectivity index (χ1n) is 8.92. The van der Waals surface area contributed by atoms with Gasteiger partial charge in [-0.05, 0) is 38.0 Å². The van der Waals surface area contributed by atoms with Crippen molar-refractivity contribution in [2.24, 2.45) is 0 Å². The molecule has 2 fully saturated rings. The monoisotopic (exact) mass is 335 g/mol. The van der Waals surface area contributed by atoms with Crippen LogP contribution in [0.2, 0.25) is 0 Å². The Hall–Kier alpha value is -2.70. The number of nitrogens with zero attached hydrogens (tertiary/aromatic N) is 7. The average molecular weight is 335 g/mol. The second-order valence-electron chi connectivity index (χ2n) is 6.93. The minimum Gasteiger partial charge on any atom is -0.352 e. The fourth-order valence-corrected chi connectivity index (χ4v) is 3.52. The molecule has 0 N–H and O–H groups in total. The zero-order valence-electron chi connectivity index (χ0n) is 14.3. The first-order valence-corrected chi connectivity index (χ1v) is 8.92. The van der Waals surface area contributed by atoms with Crippen molar-refractivity contribution in [1.29, 1.82) is 0 Å². The van der Waals surface area contributed by atoms with Gasteiger partial charge < -0.3 is 9.80 Å². The second-order valence-corrected chi connectivity index (χ2v) is 6.93. The van der Waals surface area contributed by atoms with Gasteiger partial charge in [0.1, 0.15) is 5.52 Å². The number of anilines is 2. The molecule has 25 heavy (non-hydrogen) atoms. The molecule has 128 valence electrons. The van der Waals surface area contributed by atoms with Gasteiger partial charge in [-0.15, -0.1) is 5.10 Å². The molecular formula is C18H21N7. The summed E-state index contributed by atoms with van der Waals surface area (Å²) in [7, 11) is 0. The number of aryl methyl sites for hydroxylation is 1. The third-order valence-corrected chi connectivity index (χ3v) is 5.06. The van der Waals surface area contributed by atoms with E-state index in [-0.39, 0.29) is 0 Å². The van der Waals surface area contributed by atoms with Gasteiger partial charge in [0.05, 0.1) is 11.4 Å². The molecule has 0 amide bonds. The molecule has 0 bridgehead atoms. The molecule has 1 saturated heterocycles. The molecule has 3 aromatic heterocycles. The Morgan fingerprint density at radius 3 is 2.52 bits per heavy atom.